The second-order valence-electron chi connectivity index (χ2n) is 7.30. The van der Waals surface area contributed by atoms with Crippen LogP contribution in [-0.2, 0) is 6.42 Å². The summed E-state index contributed by atoms with van der Waals surface area (Å²) in [4.78, 5) is 14.0. The van der Waals surface area contributed by atoms with E-state index in [1.54, 1.807) is 30.1 Å². The first-order chi connectivity index (χ1) is 14.6. The van der Waals surface area contributed by atoms with Crippen molar-refractivity contribution in [2.24, 2.45) is 0 Å². The molecule has 5 rings (SSSR count). The van der Waals surface area contributed by atoms with Gasteiger partial charge in [0.25, 0.3) is 0 Å². The van der Waals surface area contributed by atoms with Crippen LogP contribution in [0.1, 0.15) is 39.1 Å². The third-order valence-electron chi connectivity index (χ3n) is 5.56. The van der Waals surface area contributed by atoms with Crippen LogP contribution in [0.3, 0.4) is 0 Å². The van der Waals surface area contributed by atoms with Crippen molar-refractivity contribution in [3.05, 3.63) is 57.7 Å². The van der Waals surface area contributed by atoms with Crippen molar-refractivity contribution >= 4 is 22.8 Å². The van der Waals surface area contributed by atoms with Crippen molar-refractivity contribution in [3.8, 4) is 22.6 Å². The number of thiophene rings is 1. The maximum Gasteiger partial charge on any atom is 0.185 e. The Balaban J connectivity index is 1.66. The van der Waals surface area contributed by atoms with E-state index in [9.17, 15) is 4.79 Å². The molecule has 1 aliphatic rings. The van der Waals surface area contributed by atoms with Gasteiger partial charge in [-0.25, -0.2) is 4.52 Å². The molecule has 0 fully saturated rings. The molecule has 0 bridgehead atoms. The first kappa shape index (κ1) is 18.7. The maximum absolute atomic E-state index is 12.8. The Morgan fingerprint density at radius 1 is 1.10 bits per heavy atom. The zero-order chi connectivity index (χ0) is 20.8. The average molecular weight is 420 g/mol. The first-order valence-electron chi connectivity index (χ1n) is 9.64. The molecule has 1 aliphatic carbocycles. The number of Topliss-reactive ketones (excluding diaryl/α,β-unsaturated/α-hetero) is 1. The monoisotopic (exact) mass is 420 g/mol. The lowest BCUT2D eigenvalue weighted by atomic mass is 9.87. The van der Waals surface area contributed by atoms with Gasteiger partial charge < -0.3 is 9.47 Å². The maximum atomic E-state index is 12.8. The van der Waals surface area contributed by atoms with Gasteiger partial charge in [-0.15, -0.1) is 21.5 Å². The van der Waals surface area contributed by atoms with Gasteiger partial charge in [-0.1, -0.05) is 12.1 Å². The number of hydrogen-bond donors (Lipinski definition) is 0. The molecule has 0 unspecified atom stereocenters. The minimum atomic E-state index is 0.0184. The Morgan fingerprint density at radius 3 is 2.67 bits per heavy atom. The van der Waals surface area contributed by atoms with Crippen LogP contribution in [0.5, 0.6) is 11.5 Å². The third kappa shape index (κ3) is 2.87. The summed E-state index contributed by atoms with van der Waals surface area (Å²) in [5, 5.41) is 15.5. The van der Waals surface area contributed by atoms with Gasteiger partial charge in [0.05, 0.1) is 31.2 Å². The van der Waals surface area contributed by atoms with E-state index in [1.807, 2.05) is 36.6 Å². The third-order valence-corrected chi connectivity index (χ3v) is 6.60. The fraction of sp³-hybridized carbons (Fsp3) is 0.273. The molecule has 4 aromatic rings. The van der Waals surface area contributed by atoms with Crippen molar-refractivity contribution < 1.29 is 14.3 Å². The average Bonchev–Trinajstić information content (AvgIpc) is 3.40. The van der Waals surface area contributed by atoms with Gasteiger partial charge in [-0.2, -0.15) is 5.10 Å². The van der Waals surface area contributed by atoms with Gasteiger partial charge >= 0.3 is 0 Å². The quantitative estimate of drug-likeness (QED) is 0.495. The van der Waals surface area contributed by atoms with Crippen molar-refractivity contribution in [1.29, 1.82) is 0 Å². The van der Waals surface area contributed by atoms with Gasteiger partial charge in [-0.3, -0.25) is 4.79 Å². The fourth-order valence-corrected chi connectivity index (χ4v) is 4.96. The number of methoxy groups -OCH3 is 2. The summed E-state index contributed by atoms with van der Waals surface area (Å²) in [6.45, 7) is 1.94. The van der Waals surface area contributed by atoms with Crippen LogP contribution in [0.4, 0.5) is 0 Å². The molecule has 0 N–H and O–H groups in total. The fourth-order valence-electron chi connectivity index (χ4n) is 4.13. The van der Waals surface area contributed by atoms with E-state index in [4.69, 9.17) is 14.6 Å². The van der Waals surface area contributed by atoms with Crippen molar-refractivity contribution in [2.75, 3.05) is 14.2 Å². The van der Waals surface area contributed by atoms with Gasteiger partial charge in [-0.05, 0) is 36.1 Å². The summed E-state index contributed by atoms with van der Waals surface area (Å²) in [6.07, 6.45) is 1.16. The summed E-state index contributed by atoms with van der Waals surface area (Å²) in [6, 6.07) is 9.82. The number of ketones is 1. The Bertz CT molecular complexity index is 1260. The molecule has 1 atom stereocenters. The number of aryl methyl sites for hydroxylation is 1. The molecule has 0 saturated carbocycles. The molecule has 0 amide bonds. The predicted octanol–water partition coefficient (Wildman–Crippen LogP) is 4.09. The summed E-state index contributed by atoms with van der Waals surface area (Å²) in [7, 11) is 3.22. The topological polar surface area (TPSA) is 78.6 Å². The molecule has 0 spiro atoms. The van der Waals surface area contributed by atoms with Gasteiger partial charge in [0.15, 0.2) is 28.6 Å². The number of rotatable bonds is 4. The smallest absolute Gasteiger partial charge is 0.185 e. The van der Waals surface area contributed by atoms with Crippen molar-refractivity contribution in [3.63, 3.8) is 0 Å². The van der Waals surface area contributed by atoms with E-state index in [0.29, 0.717) is 35.7 Å². The second-order valence-corrected chi connectivity index (χ2v) is 8.28. The Morgan fingerprint density at radius 2 is 1.93 bits per heavy atom. The molecule has 0 aliphatic heterocycles. The molecule has 8 heteroatoms. The predicted molar refractivity (Wildman–Crippen MR) is 114 cm³/mol. The molecule has 3 heterocycles. The van der Waals surface area contributed by atoms with Crippen LogP contribution >= 0.6 is 11.3 Å². The summed E-state index contributed by atoms with van der Waals surface area (Å²) >= 11 is 1.68. The Hall–Kier alpha value is -3.26. The van der Waals surface area contributed by atoms with Crippen LogP contribution in [0, 0.1) is 6.92 Å². The van der Waals surface area contributed by atoms with Crippen LogP contribution in [0.25, 0.3) is 16.8 Å². The number of nitrogens with zero attached hydrogens (tertiary/aromatic N) is 4. The van der Waals surface area contributed by atoms with Gasteiger partial charge in [0.1, 0.15) is 0 Å². The van der Waals surface area contributed by atoms with E-state index < -0.39 is 0 Å². The molecule has 0 saturated heterocycles. The molecular formula is C22H20N4O3S. The highest BCUT2D eigenvalue weighted by Gasteiger charge is 2.32. The van der Waals surface area contributed by atoms with E-state index >= 15 is 0 Å². The molecule has 7 nitrogen and oxygen atoms in total. The zero-order valence-corrected chi connectivity index (χ0v) is 17.7. The largest absolute Gasteiger partial charge is 0.493 e. The van der Waals surface area contributed by atoms with Crippen LogP contribution < -0.4 is 9.47 Å². The van der Waals surface area contributed by atoms with E-state index in [1.165, 1.54) is 4.88 Å². The Labute approximate surface area is 177 Å². The number of fused-ring (bicyclic) bond motifs is 3. The van der Waals surface area contributed by atoms with E-state index in [0.717, 1.165) is 22.5 Å². The van der Waals surface area contributed by atoms with Gasteiger partial charge in [0, 0.05) is 23.6 Å². The minimum absolute atomic E-state index is 0.0184. The van der Waals surface area contributed by atoms with E-state index in [2.05, 4.69) is 16.3 Å². The molecule has 1 aromatic carbocycles. The molecule has 3 aromatic heterocycles. The number of carbonyl (C=O) groups is 1. The second kappa shape index (κ2) is 7.21. The molecule has 0 radical (unpaired) electrons. The van der Waals surface area contributed by atoms with Crippen molar-refractivity contribution in [2.45, 2.75) is 25.7 Å². The standard InChI is InChI=1S/C22H20N4O3S/c1-12-20(13-6-7-17(28-2)18(11-13)29-3)22-24-23-21-15(26(22)25-12)9-14(10-16(21)27)19-5-4-8-30-19/h4-8,11,14H,9-10H2,1-3H3/t14-/m1/s1. The van der Waals surface area contributed by atoms with Crippen LogP contribution in [-0.4, -0.2) is 39.8 Å². The van der Waals surface area contributed by atoms with Crippen LogP contribution in [0.2, 0.25) is 0 Å². The minimum Gasteiger partial charge on any atom is -0.493 e. The normalized spacial score (nSPS) is 16.0. The summed E-state index contributed by atoms with van der Waals surface area (Å²) in [5.41, 5.74) is 4.48. The highest BCUT2D eigenvalue weighted by atomic mass is 32.1. The SMILES string of the molecule is COc1ccc(-c2c(C)nn3c4c(nnc23)C(=O)C[C@H](c2cccs2)C4)cc1OC. The lowest BCUT2D eigenvalue weighted by molar-refractivity contribution is 0.0956. The van der Waals surface area contributed by atoms with Gasteiger partial charge in [0.2, 0.25) is 0 Å². The number of aromatic nitrogens is 4. The first-order valence-corrected chi connectivity index (χ1v) is 10.5. The van der Waals surface area contributed by atoms with Crippen molar-refractivity contribution in [1.82, 2.24) is 19.8 Å². The van der Waals surface area contributed by atoms with Crippen LogP contribution in [0.15, 0.2) is 35.7 Å². The number of ether oxygens (including phenoxy) is 2. The van der Waals surface area contributed by atoms with E-state index in [-0.39, 0.29) is 11.7 Å². The zero-order valence-electron chi connectivity index (χ0n) is 16.9. The summed E-state index contributed by atoms with van der Waals surface area (Å²) in [5.74, 6) is 1.45. The molecular weight excluding hydrogens is 400 g/mol. The number of carbonyl (C=O) groups excluding carboxylic acids is 1. The number of hydrogen-bond acceptors (Lipinski definition) is 7. The lowest BCUT2D eigenvalue weighted by Crippen LogP contribution is -2.23. The Kier molecular flexibility index (Phi) is 4.51. The lowest BCUT2D eigenvalue weighted by Gasteiger charge is -2.21. The molecule has 30 heavy (non-hydrogen) atoms. The number of benzene rings is 1. The highest BCUT2D eigenvalue weighted by Crippen LogP contribution is 2.38. The molecule has 152 valence electrons. The summed E-state index contributed by atoms with van der Waals surface area (Å²) < 4.78 is 12.6. The highest BCUT2D eigenvalue weighted by molar-refractivity contribution is 7.10.